The summed E-state index contributed by atoms with van der Waals surface area (Å²) in [6.07, 6.45) is 0. The molecule has 3 nitrogen and oxygen atoms in total. The van der Waals surface area contributed by atoms with Crippen molar-refractivity contribution in [1.82, 2.24) is 9.55 Å². The second-order valence-corrected chi connectivity index (χ2v) is 17.4. The first-order valence-electron chi connectivity index (χ1n) is 19.3. The van der Waals surface area contributed by atoms with Crippen LogP contribution in [0.3, 0.4) is 0 Å². The molecule has 10 aromatic rings. The van der Waals surface area contributed by atoms with E-state index in [0.29, 0.717) is 0 Å². The largest absolute Gasteiger partial charge is 0.309 e. The van der Waals surface area contributed by atoms with Crippen LogP contribution in [-0.2, 0) is 4.57 Å². The molecule has 0 saturated carbocycles. The predicted octanol–water partition coefficient (Wildman–Crippen LogP) is 12.5. The minimum absolute atomic E-state index is 0.838. The molecule has 268 valence electrons. The van der Waals surface area contributed by atoms with Gasteiger partial charge in [0.1, 0.15) is 0 Å². The number of rotatable bonds is 5. The van der Waals surface area contributed by atoms with E-state index in [2.05, 4.69) is 187 Å². The first-order valence-corrected chi connectivity index (χ1v) is 21.0. The molecule has 1 aliphatic rings. The van der Waals surface area contributed by atoms with Gasteiger partial charge in [0.15, 0.2) is 7.14 Å². The summed E-state index contributed by atoms with van der Waals surface area (Å²) in [5, 5.41) is 5.88. The number of fused-ring (bicyclic) bond motifs is 8. The van der Waals surface area contributed by atoms with Crippen molar-refractivity contribution in [2.24, 2.45) is 0 Å². The molecule has 0 saturated heterocycles. The molecule has 0 radical (unpaired) electrons. The van der Waals surface area contributed by atoms with Crippen LogP contribution in [0.15, 0.2) is 212 Å². The lowest BCUT2D eigenvalue weighted by atomic mass is 9.98. The van der Waals surface area contributed by atoms with E-state index < -0.39 is 7.14 Å². The summed E-state index contributed by atoms with van der Waals surface area (Å²) in [6.45, 7) is 0. The molecule has 3 heterocycles. The van der Waals surface area contributed by atoms with Crippen LogP contribution in [0.1, 0.15) is 0 Å². The average Bonchev–Trinajstić information content (AvgIpc) is 3.60. The average molecular weight is 747 g/mol. The van der Waals surface area contributed by atoms with Crippen molar-refractivity contribution in [2.45, 2.75) is 0 Å². The fraction of sp³-hybridized carbons (Fsp3) is 0. The fourth-order valence-corrected chi connectivity index (χ4v) is 11.8. The third kappa shape index (κ3) is 5.35. The molecule has 1 atom stereocenters. The highest BCUT2D eigenvalue weighted by Crippen LogP contribution is 2.54. The Morgan fingerprint density at radius 2 is 1.00 bits per heavy atom. The van der Waals surface area contributed by atoms with Crippen LogP contribution < -0.4 is 15.9 Å². The molecule has 0 N–H and O–H groups in total. The third-order valence-electron chi connectivity index (χ3n) is 11.4. The Kier molecular flexibility index (Phi) is 7.77. The van der Waals surface area contributed by atoms with Gasteiger partial charge in [-0.2, -0.15) is 0 Å². The second kappa shape index (κ2) is 13.3. The molecule has 0 amide bonds. The van der Waals surface area contributed by atoms with Gasteiger partial charge in [-0.3, -0.25) is 0 Å². The molecule has 57 heavy (non-hydrogen) atoms. The number of hydrogen-bond donors (Lipinski definition) is 0. The topological polar surface area (TPSA) is 34.9 Å². The van der Waals surface area contributed by atoms with Gasteiger partial charge in [0.05, 0.1) is 22.6 Å². The van der Waals surface area contributed by atoms with Gasteiger partial charge in [-0.25, -0.2) is 4.98 Å². The van der Waals surface area contributed by atoms with Crippen molar-refractivity contribution in [3.63, 3.8) is 0 Å². The van der Waals surface area contributed by atoms with Crippen LogP contribution in [0.4, 0.5) is 0 Å². The van der Waals surface area contributed by atoms with E-state index in [0.717, 1.165) is 99.3 Å². The van der Waals surface area contributed by atoms with Gasteiger partial charge in [0.25, 0.3) is 0 Å². The van der Waals surface area contributed by atoms with Gasteiger partial charge >= 0.3 is 0 Å². The second-order valence-electron chi connectivity index (χ2n) is 14.7. The fourth-order valence-electron chi connectivity index (χ4n) is 8.76. The van der Waals surface area contributed by atoms with Crippen LogP contribution in [0, 0.1) is 0 Å². The van der Waals surface area contributed by atoms with Gasteiger partial charge in [-0.05, 0) is 63.9 Å². The molecule has 8 aromatic carbocycles. The minimum atomic E-state index is -3.38. The smallest absolute Gasteiger partial charge is 0.172 e. The Labute approximate surface area is 331 Å². The van der Waals surface area contributed by atoms with Crippen molar-refractivity contribution in [3.8, 4) is 61.7 Å². The third-order valence-corrected chi connectivity index (χ3v) is 14.5. The van der Waals surface area contributed by atoms with Crippen molar-refractivity contribution in [3.05, 3.63) is 212 Å². The highest BCUT2D eigenvalue weighted by Gasteiger charge is 2.40. The zero-order chi connectivity index (χ0) is 37.9. The number of para-hydroxylation sites is 1. The molecular formula is C53H35N2OP. The van der Waals surface area contributed by atoms with Crippen LogP contribution in [-0.4, -0.2) is 9.55 Å². The Bertz CT molecular complexity index is 3160. The molecule has 1 unspecified atom stereocenters. The molecule has 0 bridgehead atoms. The maximum atomic E-state index is 16.4. The monoisotopic (exact) mass is 746 g/mol. The molecule has 4 heteroatoms. The van der Waals surface area contributed by atoms with Crippen molar-refractivity contribution >= 4 is 44.7 Å². The lowest BCUT2D eigenvalue weighted by molar-refractivity contribution is 0.592. The summed E-state index contributed by atoms with van der Waals surface area (Å²) in [6, 6.07) is 74.0. The van der Waals surface area contributed by atoms with Crippen LogP contribution >= 0.6 is 7.14 Å². The van der Waals surface area contributed by atoms with Crippen LogP contribution in [0.2, 0.25) is 0 Å². The standard InChI is InChI=1S/C53H35N2OP/c56-57(43-31-30-36-16-7-8-21-40(36)33-43)50-28-13-10-25-45(50)52-44-24-9-12-27-49(44)55(53(52)46-26-11-14-29-51(46)57)42-23-15-22-39(32-42)41-34-47(37-17-3-1-4-18-37)54-48(35-41)38-19-5-2-6-20-38/h1-35H. The summed E-state index contributed by atoms with van der Waals surface area (Å²) in [5.41, 5.74) is 12.4. The van der Waals surface area contributed by atoms with E-state index in [1.54, 1.807) is 0 Å². The van der Waals surface area contributed by atoms with E-state index in [4.69, 9.17) is 4.98 Å². The number of aromatic nitrogens is 2. The van der Waals surface area contributed by atoms with Crippen LogP contribution in [0.5, 0.6) is 0 Å². The Morgan fingerprint density at radius 3 is 1.74 bits per heavy atom. The summed E-state index contributed by atoms with van der Waals surface area (Å²) in [7, 11) is -3.38. The van der Waals surface area contributed by atoms with E-state index >= 15 is 4.57 Å². The number of benzene rings is 8. The van der Waals surface area contributed by atoms with Gasteiger partial charge in [-0.15, -0.1) is 0 Å². The number of hydrogen-bond acceptors (Lipinski definition) is 2. The minimum Gasteiger partial charge on any atom is -0.309 e. The maximum Gasteiger partial charge on any atom is 0.172 e. The van der Waals surface area contributed by atoms with E-state index in [1.165, 1.54) is 0 Å². The van der Waals surface area contributed by atoms with Gasteiger partial charge < -0.3 is 9.13 Å². The molecule has 1 aliphatic heterocycles. The molecular weight excluding hydrogens is 712 g/mol. The normalized spacial score (nSPS) is 14.5. The number of nitrogens with zero attached hydrogens (tertiary/aromatic N) is 2. The predicted molar refractivity (Wildman–Crippen MR) is 239 cm³/mol. The van der Waals surface area contributed by atoms with Crippen molar-refractivity contribution in [1.29, 1.82) is 0 Å². The molecule has 11 rings (SSSR count). The van der Waals surface area contributed by atoms with E-state index in [-0.39, 0.29) is 0 Å². The lowest BCUT2D eigenvalue weighted by Crippen LogP contribution is -2.26. The summed E-state index contributed by atoms with van der Waals surface area (Å²) < 4.78 is 18.8. The first kappa shape index (κ1) is 33.3. The zero-order valence-electron chi connectivity index (χ0n) is 31.0. The lowest BCUT2D eigenvalue weighted by Gasteiger charge is -2.23. The highest BCUT2D eigenvalue weighted by atomic mass is 31.2. The Hall–Kier alpha value is -7.06. The Morgan fingerprint density at radius 1 is 0.421 bits per heavy atom. The quantitative estimate of drug-likeness (QED) is 0.164. The van der Waals surface area contributed by atoms with Crippen LogP contribution in [0.25, 0.3) is 83.4 Å². The summed E-state index contributed by atoms with van der Waals surface area (Å²) >= 11 is 0. The van der Waals surface area contributed by atoms with Crippen molar-refractivity contribution in [2.75, 3.05) is 0 Å². The molecule has 0 fully saturated rings. The molecule has 2 aromatic heterocycles. The SMILES string of the molecule is O=P1(c2ccc3ccccc3c2)c2ccccc2-c2c(n(-c3cccc(-c4cc(-c5ccccc5)nc(-c5ccccc5)c4)c3)c3ccccc23)-c2ccccc21. The summed E-state index contributed by atoms with van der Waals surface area (Å²) in [4.78, 5) is 5.15. The van der Waals surface area contributed by atoms with Gasteiger partial charge in [0.2, 0.25) is 0 Å². The van der Waals surface area contributed by atoms with Gasteiger partial charge in [-0.1, -0.05) is 176 Å². The molecule has 0 spiro atoms. The Balaban J connectivity index is 1.18. The maximum absolute atomic E-state index is 16.4. The first-order chi connectivity index (χ1) is 28.1. The van der Waals surface area contributed by atoms with Gasteiger partial charge in [0, 0.05) is 49.2 Å². The van der Waals surface area contributed by atoms with Crippen molar-refractivity contribution < 1.29 is 4.57 Å². The molecule has 0 aliphatic carbocycles. The highest BCUT2D eigenvalue weighted by molar-refractivity contribution is 7.85. The van der Waals surface area contributed by atoms with E-state index in [1.807, 2.05) is 30.3 Å². The van der Waals surface area contributed by atoms with E-state index in [9.17, 15) is 0 Å². The number of pyridine rings is 1. The zero-order valence-corrected chi connectivity index (χ0v) is 31.9. The summed E-state index contributed by atoms with van der Waals surface area (Å²) in [5.74, 6) is 0.